The lowest BCUT2D eigenvalue weighted by Gasteiger charge is -2.34. The Labute approximate surface area is 134 Å². The number of para-hydroxylation sites is 2. The molecule has 23 heavy (non-hydrogen) atoms. The van der Waals surface area contributed by atoms with Crippen molar-refractivity contribution in [3.63, 3.8) is 0 Å². The molecule has 2 heterocycles. The molecule has 3 rings (SSSR count). The zero-order valence-electron chi connectivity index (χ0n) is 12.9. The quantitative estimate of drug-likeness (QED) is 0.913. The first-order valence-corrected chi connectivity index (χ1v) is 7.32. The van der Waals surface area contributed by atoms with Gasteiger partial charge in [0.1, 0.15) is 5.75 Å². The molecule has 1 aliphatic heterocycles. The first-order valence-electron chi connectivity index (χ1n) is 7.32. The fourth-order valence-electron chi connectivity index (χ4n) is 2.47. The average molecular weight is 311 g/mol. The fraction of sp³-hybridized carbons (Fsp3) is 0.235. The van der Waals surface area contributed by atoms with Crippen LogP contribution in [-0.2, 0) is 4.79 Å². The summed E-state index contributed by atoms with van der Waals surface area (Å²) in [5.41, 5.74) is 1.97. The third-order valence-corrected chi connectivity index (χ3v) is 3.72. The molecule has 0 saturated carbocycles. The summed E-state index contributed by atoms with van der Waals surface area (Å²) in [4.78, 5) is 30.5. The van der Waals surface area contributed by atoms with Crippen molar-refractivity contribution in [3.8, 4) is 5.75 Å². The van der Waals surface area contributed by atoms with Crippen molar-refractivity contribution < 1.29 is 14.3 Å². The standard InChI is InChI=1S/C17H17N3O3/c1-11-7-8-12(9-19-11)17(22)20-10-15(16(21)18-2)23-14-6-4-3-5-13(14)20/h3-9,15H,10H2,1-2H3,(H,18,21)/t15-/m0/s1. The van der Waals surface area contributed by atoms with Crippen LogP contribution in [-0.4, -0.2) is 36.5 Å². The second-order valence-electron chi connectivity index (χ2n) is 5.29. The van der Waals surface area contributed by atoms with Crippen molar-refractivity contribution in [2.45, 2.75) is 13.0 Å². The van der Waals surface area contributed by atoms with Crippen LogP contribution in [0.25, 0.3) is 0 Å². The van der Waals surface area contributed by atoms with Gasteiger partial charge in [-0.25, -0.2) is 0 Å². The highest BCUT2D eigenvalue weighted by Gasteiger charge is 2.33. The predicted molar refractivity (Wildman–Crippen MR) is 85.6 cm³/mol. The maximum atomic E-state index is 12.8. The maximum Gasteiger partial charge on any atom is 0.262 e. The number of benzene rings is 1. The first kappa shape index (κ1) is 15.0. The van der Waals surface area contributed by atoms with Crippen LogP contribution in [0.4, 0.5) is 5.69 Å². The van der Waals surface area contributed by atoms with Crippen molar-refractivity contribution >= 4 is 17.5 Å². The molecule has 0 aliphatic carbocycles. The number of hydrogen-bond acceptors (Lipinski definition) is 4. The zero-order chi connectivity index (χ0) is 16.4. The maximum absolute atomic E-state index is 12.8. The Morgan fingerprint density at radius 3 is 2.74 bits per heavy atom. The van der Waals surface area contributed by atoms with Crippen molar-refractivity contribution in [1.29, 1.82) is 0 Å². The highest BCUT2D eigenvalue weighted by Crippen LogP contribution is 2.34. The van der Waals surface area contributed by atoms with Crippen LogP contribution in [0.5, 0.6) is 5.75 Å². The molecule has 6 nitrogen and oxygen atoms in total. The highest BCUT2D eigenvalue weighted by molar-refractivity contribution is 6.07. The number of carbonyl (C=O) groups excluding carboxylic acids is 2. The molecule has 0 unspecified atom stereocenters. The molecule has 1 aliphatic rings. The lowest BCUT2D eigenvalue weighted by atomic mass is 10.1. The first-order chi connectivity index (χ1) is 11.1. The van der Waals surface area contributed by atoms with E-state index in [1.807, 2.05) is 13.0 Å². The van der Waals surface area contributed by atoms with E-state index < -0.39 is 6.10 Å². The van der Waals surface area contributed by atoms with Crippen molar-refractivity contribution in [3.05, 3.63) is 53.9 Å². The van der Waals surface area contributed by atoms with Gasteiger partial charge in [0, 0.05) is 18.9 Å². The van der Waals surface area contributed by atoms with E-state index in [4.69, 9.17) is 4.74 Å². The van der Waals surface area contributed by atoms with E-state index in [1.165, 1.54) is 0 Å². The van der Waals surface area contributed by atoms with Crippen LogP contribution in [0.3, 0.4) is 0 Å². The van der Waals surface area contributed by atoms with Crippen LogP contribution < -0.4 is 15.0 Å². The Hall–Kier alpha value is -2.89. The van der Waals surface area contributed by atoms with E-state index >= 15 is 0 Å². The zero-order valence-corrected chi connectivity index (χ0v) is 12.9. The Morgan fingerprint density at radius 1 is 1.26 bits per heavy atom. The summed E-state index contributed by atoms with van der Waals surface area (Å²) < 4.78 is 5.70. The van der Waals surface area contributed by atoms with Crippen LogP contribution in [0, 0.1) is 6.92 Å². The van der Waals surface area contributed by atoms with Gasteiger partial charge in [0.2, 0.25) is 0 Å². The molecule has 0 saturated heterocycles. The van der Waals surface area contributed by atoms with Gasteiger partial charge in [0.05, 0.1) is 17.8 Å². The number of nitrogens with zero attached hydrogens (tertiary/aromatic N) is 2. The largest absolute Gasteiger partial charge is 0.477 e. The van der Waals surface area contributed by atoms with Crippen LogP contribution >= 0.6 is 0 Å². The van der Waals surface area contributed by atoms with Crippen molar-refractivity contribution in [2.24, 2.45) is 0 Å². The summed E-state index contributed by atoms with van der Waals surface area (Å²) in [7, 11) is 1.54. The van der Waals surface area contributed by atoms with E-state index in [0.717, 1.165) is 5.69 Å². The molecule has 1 aromatic heterocycles. The van der Waals surface area contributed by atoms with Crippen LogP contribution in [0.2, 0.25) is 0 Å². The molecule has 0 bridgehead atoms. The number of anilines is 1. The van der Waals surface area contributed by atoms with Gasteiger partial charge in [-0.15, -0.1) is 0 Å². The number of ether oxygens (including phenoxy) is 1. The molecule has 0 spiro atoms. The lowest BCUT2D eigenvalue weighted by Crippen LogP contribution is -2.50. The van der Waals surface area contributed by atoms with Gasteiger partial charge in [-0.2, -0.15) is 0 Å². The number of hydrogen-bond donors (Lipinski definition) is 1. The summed E-state index contributed by atoms with van der Waals surface area (Å²) in [6.45, 7) is 2.02. The molecule has 6 heteroatoms. The van der Waals surface area contributed by atoms with Gasteiger partial charge in [-0.05, 0) is 31.2 Å². The summed E-state index contributed by atoms with van der Waals surface area (Å²) in [6.07, 6.45) is 0.808. The molecular formula is C17H17N3O3. The lowest BCUT2D eigenvalue weighted by molar-refractivity contribution is -0.127. The minimum absolute atomic E-state index is 0.156. The van der Waals surface area contributed by atoms with Gasteiger partial charge in [-0.1, -0.05) is 12.1 Å². The Kier molecular flexibility index (Phi) is 3.97. The van der Waals surface area contributed by atoms with Crippen molar-refractivity contribution in [1.82, 2.24) is 10.3 Å². The van der Waals surface area contributed by atoms with E-state index in [0.29, 0.717) is 17.0 Å². The number of pyridine rings is 1. The molecule has 1 atom stereocenters. The number of carbonyl (C=O) groups is 2. The average Bonchev–Trinajstić information content (AvgIpc) is 2.60. The van der Waals surface area contributed by atoms with E-state index in [-0.39, 0.29) is 18.4 Å². The molecule has 2 aromatic rings. The van der Waals surface area contributed by atoms with Crippen LogP contribution in [0.1, 0.15) is 16.1 Å². The van der Waals surface area contributed by atoms with E-state index in [1.54, 1.807) is 48.5 Å². The monoisotopic (exact) mass is 311 g/mol. The topological polar surface area (TPSA) is 71.5 Å². The highest BCUT2D eigenvalue weighted by atomic mass is 16.5. The summed E-state index contributed by atoms with van der Waals surface area (Å²) in [6, 6.07) is 10.7. The number of aryl methyl sites for hydroxylation is 1. The number of fused-ring (bicyclic) bond motifs is 1. The number of amides is 2. The fourth-order valence-corrected chi connectivity index (χ4v) is 2.47. The Bertz CT molecular complexity index is 743. The molecular weight excluding hydrogens is 294 g/mol. The van der Waals surface area contributed by atoms with Gasteiger partial charge < -0.3 is 15.0 Å². The molecule has 1 aromatic carbocycles. The Morgan fingerprint density at radius 2 is 2.04 bits per heavy atom. The van der Waals surface area contributed by atoms with Gasteiger partial charge in [0.25, 0.3) is 11.8 Å². The second kappa shape index (κ2) is 6.08. The third kappa shape index (κ3) is 2.88. The smallest absolute Gasteiger partial charge is 0.262 e. The van der Waals surface area contributed by atoms with E-state index in [9.17, 15) is 9.59 Å². The molecule has 0 fully saturated rings. The summed E-state index contributed by atoms with van der Waals surface area (Å²) in [5, 5.41) is 2.56. The Balaban J connectivity index is 1.97. The number of likely N-dealkylation sites (N-methyl/N-ethyl adjacent to an activating group) is 1. The number of rotatable bonds is 2. The molecule has 2 amide bonds. The summed E-state index contributed by atoms with van der Waals surface area (Å²) >= 11 is 0. The van der Waals surface area contributed by atoms with Crippen molar-refractivity contribution in [2.75, 3.05) is 18.5 Å². The molecule has 118 valence electrons. The third-order valence-electron chi connectivity index (χ3n) is 3.72. The minimum Gasteiger partial charge on any atom is -0.477 e. The molecule has 0 radical (unpaired) electrons. The second-order valence-corrected chi connectivity index (χ2v) is 5.29. The number of nitrogens with one attached hydrogen (secondary N) is 1. The SMILES string of the molecule is CNC(=O)[C@@H]1CN(C(=O)c2ccc(C)nc2)c2ccccc2O1. The van der Waals surface area contributed by atoms with Gasteiger partial charge >= 0.3 is 0 Å². The normalized spacial score (nSPS) is 16.3. The van der Waals surface area contributed by atoms with Gasteiger partial charge in [0.15, 0.2) is 6.10 Å². The number of aromatic nitrogens is 1. The van der Waals surface area contributed by atoms with Crippen LogP contribution in [0.15, 0.2) is 42.6 Å². The minimum atomic E-state index is -0.739. The van der Waals surface area contributed by atoms with E-state index in [2.05, 4.69) is 10.3 Å². The predicted octanol–water partition coefficient (Wildman–Crippen LogP) is 1.54. The van der Waals surface area contributed by atoms with Gasteiger partial charge in [-0.3, -0.25) is 14.6 Å². The molecule has 1 N–H and O–H groups in total. The summed E-state index contributed by atoms with van der Waals surface area (Å²) in [5.74, 6) is 0.0438.